The van der Waals surface area contributed by atoms with Gasteiger partial charge in [-0.1, -0.05) is 0 Å². The molecular formula is C14H23N3O2. The van der Waals surface area contributed by atoms with E-state index in [9.17, 15) is 10.2 Å². The molecule has 1 aromatic rings. The molecule has 5 nitrogen and oxygen atoms in total. The minimum Gasteiger partial charge on any atom is -0.506 e. The van der Waals surface area contributed by atoms with Gasteiger partial charge >= 0.3 is 0 Å². The standard InChI is InChI=1S/C14H23N3O2/c1-10-14(19)13(11(9-18)6-15-10)7-16-12-4-3-5-17(2)8-12/h6,12,16,18-19H,3-5,7-9H2,1-2H3. The van der Waals surface area contributed by atoms with Crippen LogP contribution in [-0.4, -0.2) is 46.3 Å². The number of likely N-dealkylation sites (N-methyl/N-ethyl adjacent to an activating group) is 1. The molecule has 0 aliphatic carbocycles. The van der Waals surface area contributed by atoms with E-state index in [4.69, 9.17) is 0 Å². The lowest BCUT2D eigenvalue weighted by Crippen LogP contribution is -2.43. The first-order valence-corrected chi connectivity index (χ1v) is 6.81. The molecule has 19 heavy (non-hydrogen) atoms. The Morgan fingerprint density at radius 3 is 3.00 bits per heavy atom. The van der Waals surface area contributed by atoms with Crippen LogP contribution in [0.25, 0.3) is 0 Å². The Kier molecular flexibility index (Phi) is 4.74. The van der Waals surface area contributed by atoms with E-state index < -0.39 is 0 Å². The van der Waals surface area contributed by atoms with Crippen molar-refractivity contribution in [2.75, 3.05) is 20.1 Å². The minimum atomic E-state index is -0.0948. The number of aromatic hydroxyl groups is 1. The van der Waals surface area contributed by atoms with Gasteiger partial charge in [0.25, 0.3) is 0 Å². The van der Waals surface area contributed by atoms with E-state index >= 15 is 0 Å². The van der Waals surface area contributed by atoms with Crippen LogP contribution in [0, 0.1) is 6.92 Å². The second-order valence-electron chi connectivity index (χ2n) is 5.34. The number of hydrogen-bond donors (Lipinski definition) is 3. The maximum atomic E-state index is 10.1. The van der Waals surface area contributed by atoms with Crippen molar-refractivity contribution >= 4 is 0 Å². The maximum Gasteiger partial charge on any atom is 0.141 e. The van der Waals surface area contributed by atoms with Gasteiger partial charge in [-0.05, 0) is 33.4 Å². The predicted molar refractivity (Wildman–Crippen MR) is 73.9 cm³/mol. The third kappa shape index (κ3) is 3.43. The van der Waals surface area contributed by atoms with E-state index in [1.807, 2.05) is 0 Å². The Morgan fingerprint density at radius 1 is 1.53 bits per heavy atom. The SMILES string of the molecule is Cc1ncc(CO)c(CNC2CCCN(C)C2)c1O. The summed E-state index contributed by atoms with van der Waals surface area (Å²) < 4.78 is 0. The molecule has 0 radical (unpaired) electrons. The number of nitrogens with zero attached hydrogens (tertiary/aromatic N) is 2. The van der Waals surface area contributed by atoms with Crippen molar-refractivity contribution in [1.82, 2.24) is 15.2 Å². The fourth-order valence-corrected chi connectivity index (χ4v) is 2.60. The molecule has 2 rings (SSSR count). The summed E-state index contributed by atoms with van der Waals surface area (Å²) in [5.74, 6) is 0.197. The molecule has 0 bridgehead atoms. The largest absolute Gasteiger partial charge is 0.506 e. The van der Waals surface area contributed by atoms with E-state index in [-0.39, 0.29) is 12.4 Å². The highest BCUT2D eigenvalue weighted by Crippen LogP contribution is 2.24. The first-order valence-electron chi connectivity index (χ1n) is 6.81. The molecule has 1 aliphatic heterocycles. The topological polar surface area (TPSA) is 68.6 Å². The van der Waals surface area contributed by atoms with Gasteiger partial charge in [-0.2, -0.15) is 0 Å². The van der Waals surface area contributed by atoms with Crippen LogP contribution in [0.1, 0.15) is 29.7 Å². The van der Waals surface area contributed by atoms with Crippen molar-refractivity contribution in [3.63, 3.8) is 0 Å². The second-order valence-corrected chi connectivity index (χ2v) is 5.34. The molecule has 1 atom stereocenters. The lowest BCUT2D eigenvalue weighted by molar-refractivity contribution is 0.225. The molecule has 1 aromatic heterocycles. The summed E-state index contributed by atoms with van der Waals surface area (Å²) in [5, 5.41) is 22.9. The quantitative estimate of drug-likeness (QED) is 0.750. The summed E-state index contributed by atoms with van der Waals surface area (Å²) in [7, 11) is 2.13. The van der Waals surface area contributed by atoms with Gasteiger partial charge in [0, 0.05) is 36.5 Å². The van der Waals surface area contributed by atoms with Gasteiger partial charge in [-0.15, -0.1) is 0 Å². The summed E-state index contributed by atoms with van der Waals surface area (Å²) in [6.45, 7) is 4.43. The number of likely N-dealkylation sites (tertiary alicyclic amines) is 1. The molecule has 1 aliphatic rings. The van der Waals surface area contributed by atoms with E-state index in [2.05, 4.69) is 22.2 Å². The first-order chi connectivity index (χ1) is 9.11. The molecule has 106 valence electrons. The number of aliphatic hydroxyl groups is 1. The van der Waals surface area contributed by atoms with Crippen LogP contribution in [-0.2, 0) is 13.2 Å². The predicted octanol–water partition coefficient (Wildman–Crippen LogP) is 0.772. The highest BCUT2D eigenvalue weighted by Gasteiger charge is 2.18. The molecule has 0 amide bonds. The van der Waals surface area contributed by atoms with Crippen LogP contribution < -0.4 is 5.32 Å². The Balaban J connectivity index is 2.04. The average molecular weight is 265 g/mol. The van der Waals surface area contributed by atoms with Crippen molar-refractivity contribution in [3.8, 4) is 5.75 Å². The molecule has 1 unspecified atom stereocenters. The number of aliphatic hydroxyl groups excluding tert-OH is 1. The summed E-state index contributed by atoms with van der Waals surface area (Å²) in [5.41, 5.74) is 2.07. The fourth-order valence-electron chi connectivity index (χ4n) is 2.60. The van der Waals surface area contributed by atoms with Crippen molar-refractivity contribution in [2.24, 2.45) is 0 Å². The number of rotatable bonds is 4. The average Bonchev–Trinajstić information content (AvgIpc) is 2.40. The van der Waals surface area contributed by atoms with Crippen LogP contribution >= 0.6 is 0 Å². The number of aromatic nitrogens is 1. The molecule has 1 saturated heterocycles. The monoisotopic (exact) mass is 265 g/mol. The third-order valence-electron chi connectivity index (χ3n) is 3.79. The zero-order valence-electron chi connectivity index (χ0n) is 11.7. The van der Waals surface area contributed by atoms with Gasteiger partial charge < -0.3 is 20.4 Å². The number of hydrogen-bond acceptors (Lipinski definition) is 5. The van der Waals surface area contributed by atoms with Gasteiger partial charge in [0.1, 0.15) is 5.75 Å². The van der Waals surface area contributed by atoms with E-state index in [1.54, 1.807) is 13.1 Å². The number of pyridine rings is 1. The smallest absolute Gasteiger partial charge is 0.141 e. The van der Waals surface area contributed by atoms with Gasteiger partial charge in [-0.25, -0.2) is 0 Å². The van der Waals surface area contributed by atoms with Gasteiger partial charge in [0.2, 0.25) is 0 Å². The minimum absolute atomic E-state index is 0.0948. The lowest BCUT2D eigenvalue weighted by atomic mass is 10.0. The molecular weight excluding hydrogens is 242 g/mol. The molecule has 0 spiro atoms. The van der Waals surface area contributed by atoms with Crippen LogP contribution in [0.2, 0.25) is 0 Å². The van der Waals surface area contributed by atoms with Crippen LogP contribution in [0.15, 0.2) is 6.20 Å². The van der Waals surface area contributed by atoms with Crippen molar-refractivity contribution in [2.45, 2.75) is 39.0 Å². The van der Waals surface area contributed by atoms with Crippen LogP contribution in [0.3, 0.4) is 0 Å². The van der Waals surface area contributed by atoms with Crippen molar-refractivity contribution in [1.29, 1.82) is 0 Å². The number of nitrogens with one attached hydrogen (secondary N) is 1. The summed E-state index contributed by atoms with van der Waals surface area (Å²) >= 11 is 0. The highest BCUT2D eigenvalue weighted by molar-refractivity contribution is 5.40. The Bertz CT molecular complexity index is 437. The summed E-state index contributed by atoms with van der Waals surface area (Å²) in [6.07, 6.45) is 3.99. The molecule has 5 heteroatoms. The zero-order valence-corrected chi connectivity index (χ0v) is 11.7. The van der Waals surface area contributed by atoms with Crippen LogP contribution in [0.5, 0.6) is 5.75 Å². The Hall–Kier alpha value is -1.17. The lowest BCUT2D eigenvalue weighted by Gasteiger charge is -2.30. The number of aryl methyl sites for hydroxylation is 1. The summed E-state index contributed by atoms with van der Waals surface area (Å²) in [4.78, 5) is 6.38. The van der Waals surface area contributed by atoms with Crippen molar-refractivity contribution in [3.05, 3.63) is 23.0 Å². The van der Waals surface area contributed by atoms with Gasteiger partial charge in [0.15, 0.2) is 0 Å². The van der Waals surface area contributed by atoms with Gasteiger partial charge in [0.05, 0.1) is 12.3 Å². The van der Waals surface area contributed by atoms with E-state index in [0.717, 1.165) is 25.1 Å². The normalized spacial score (nSPS) is 20.7. The zero-order chi connectivity index (χ0) is 13.8. The Morgan fingerprint density at radius 2 is 2.32 bits per heavy atom. The van der Waals surface area contributed by atoms with Gasteiger partial charge in [-0.3, -0.25) is 4.98 Å². The Labute approximate surface area is 114 Å². The molecule has 2 heterocycles. The highest BCUT2D eigenvalue weighted by atomic mass is 16.3. The molecule has 0 aromatic carbocycles. The number of piperidine rings is 1. The molecule has 3 N–H and O–H groups in total. The molecule has 0 saturated carbocycles. The second kappa shape index (κ2) is 6.32. The van der Waals surface area contributed by atoms with Crippen molar-refractivity contribution < 1.29 is 10.2 Å². The van der Waals surface area contributed by atoms with E-state index in [1.165, 1.54) is 6.42 Å². The molecule has 1 fully saturated rings. The van der Waals surface area contributed by atoms with Crippen LogP contribution in [0.4, 0.5) is 0 Å². The maximum absolute atomic E-state index is 10.1. The first kappa shape index (κ1) is 14.2. The summed E-state index contributed by atoms with van der Waals surface area (Å²) in [6, 6.07) is 0.443. The third-order valence-corrected chi connectivity index (χ3v) is 3.79. The van der Waals surface area contributed by atoms with E-state index in [0.29, 0.717) is 23.8 Å². The fraction of sp³-hybridized carbons (Fsp3) is 0.643.